The zero-order valence-corrected chi connectivity index (χ0v) is 15.9. The van der Waals surface area contributed by atoms with Crippen LogP contribution in [0.5, 0.6) is 0 Å². The Labute approximate surface area is 165 Å². The van der Waals surface area contributed by atoms with Crippen molar-refractivity contribution in [3.05, 3.63) is 53.1 Å². The van der Waals surface area contributed by atoms with E-state index in [0.29, 0.717) is 11.9 Å². The van der Waals surface area contributed by atoms with Crippen molar-refractivity contribution in [2.45, 2.75) is 44.7 Å². The lowest BCUT2D eigenvalue weighted by molar-refractivity contribution is 0.302. The summed E-state index contributed by atoms with van der Waals surface area (Å²) in [6, 6.07) is 7.38. The average molecular weight is 392 g/mol. The minimum atomic E-state index is -0.0968. The molecule has 4 aromatic heterocycles. The predicted molar refractivity (Wildman–Crippen MR) is 104 cm³/mol. The summed E-state index contributed by atoms with van der Waals surface area (Å²) in [5.74, 6) is 2.14. The first-order valence-corrected chi connectivity index (χ1v) is 9.58. The van der Waals surface area contributed by atoms with Gasteiger partial charge in [-0.25, -0.2) is 14.3 Å². The van der Waals surface area contributed by atoms with Gasteiger partial charge in [0.2, 0.25) is 0 Å². The molecule has 4 aromatic rings. The molecular formula is C18H20N10O. The highest BCUT2D eigenvalue weighted by Gasteiger charge is 2.24. The van der Waals surface area contributed by atoms with Crippen molar-refractivity contribution in [2.75, 3.05) is 5.32 Å². The number of nitrogens with one attached hydrogen (secondary N) is 1. The Hall–Kier alpha value is -3.63. The summed E-state index contributed by atoms with van der Waals surface area (Å²) in [6.45, 7) is 1.88. The maximum atomic E-state index is 12.4. The van der Waals surface area contributed by atoms with Crippen LogP contribution in [0.3, 0.4) is 0 Å². The third-order valence-electron chi connectivity index (χ3n) is 5.28. The maximum absolute atomic E-state index is 12.4. The summed E-state index contributed by atoms with van der Waals surface area (Å²) in [5, 5.41) is 24.7. The molecule has 11 nitrogen and oxygen atoms in total. The smallest absolute Gasteiger partial charge is 0.267 e. The fraction of sp³-hybridized carbons (Fsp3) is 0.389. The quantitative estimate of drug-likeness (QED) is 0.549. The maximum Gasteiger partial charge on any atom is 0.267 e. The van der Waals surface area contributed by atoms with Gasteiger partial charge in [-0.05, 0) is 50.8 Å². The third-order valence-corrected chi connectivity index (χ3v) is 5.28. The van der Waals surface area contributed by atoms with Gasteiger partial charge in [0.05, 0.1) is 6.04 Å². The molecule has 0 bridgehead atoms. The summed E-state index contributed by atoms with van der Waals surface area (Å²) in [6.07, 6.45) is 6.58. The Bertz CT molecular complexity index is 1190. The molecule has 0 atom stereocenters. The largest absolute Gasteiger partial charge is 0.366 e. The first-order chi connectivity index (χ1) is 14.2. The van der Waals surface area contributed by atoms with E-state index in [2.05, 4.69) is 35.8 Å². The Morgan fingerprint density at radius 2 is 1.90 bits per heavy atom. The molecule has 1 saturated carbocycles. The van der Waals surface area contributed by atoms with Gasteiger partial charge in [-0.3, -0.25) is 4.79 Å². The number of fused-ring (bicyclic) bond motifs is 1. The minimum Gasteiger partial charge on any atom is -0.366 e. The average Bonchev–Trinajstić information content (AvgIpc) is 3.40. The molecule has 1 N–H and O–H groups in total. The Balaban J connectivity index is 1.28. The van der Waals surface area contributed by atoms with Gasteiger partial charge in [0.15, 0.2) is 17.3 Å². The first kappa shape index (κ1) is 17.5. The molecule has 0 saturated heterocycles. The molecule has 11 heteroatoms. The van der Waals surface area contributed by atoms with E-state index in [1.54, 1.807) is 26.3 Å². The lowest BCUT2D eigenvalue weighted by Crippen LogP contribution is -2.33. The van der Waals surface area contributed by atoms with Crippen LogP contribution in [0.2, 0.25) is 0 Å². The standard InChI is InChI=1S/C18H20N10O/c1-12-22-23-16-7-6-15(24-27(12)16)21-13-2-4-14(5-3-13)28-18(29)9-8-17(25-28)26-11-19-10-20-26/h6-11,13-14H,2-5H2,1H3,(H,21,24). The molecule has 148 valence electrons. The van der Waals surface area contributed by atoms with E-state index in [0.717, 1.165) is 43.0 Å². The molecule has 0 aromatic carbocycles. The van der Waals surface area contributed by atoms with Crippen molar-refractivity contribution >= 4 is 11.5 Å². The van der Waals surface area contributed by atoms with E-state index in [1.807, 2.05) is 19.1 Å². The van der Waals surface area contributed by atoms with Gasteiger partial charge in [0.25, 0.3) is 5.56 Å². The topological polar surface area (TPSA) is 121 Å². The summed E-state index contributed by atoms with van der Waals surface area (Å²) in [5.41, 5.74) is 0.634. The van der Waals surface area contributed by atoms with Crippen LogP contribution in [-0.2, 0) is 0 Å². The Morgan fingerprint density at radius 3 is 2.69 bits per heavy atom. The minimum absolute atomic E-state index is 0.0690. The van der Waals surface area contributed by atoms with E-state index in [4.69, 9.17) is 0 Å². The van der Waals surface area contributed by atoms with Crippen molar-refractivity contribution < 1.29 is 0 Å². The van der Waals surface area contributed by atoms with Gasteiger partial charge in [-0.1, -0.05) is 0 Å². The molecular weight excluding hydrogens is 372 g/mol. The third kappa shape index (κ3) is 3.35. The summed E-state index contributed by atoms with van der Waals surface area (Å²) >= 11 is 0. The number of rotatable bonds is 4. The lowest BCUT2D eigenvalue weighted by Gasteiger charge is -2.29. The van der Waals surface area contributed by atoms with Crippen LogP contribution in [0, 0.1) is 6.92 Å². The van der Waals surface area contributed by atoms with Gasteiger partial charge in [-0.2, -0.15) is 9.61 Å². The molecule has 1 aliphatic rings. The van der Waals surface area contributed by atoms with Crippen LogP contribution in [0.15, 0.2) is 41.7 Å². The number of aromatic nitrogens is 9. The van der Waals surface area contributed by atoms with Gasteiger partial charge in [0.1, 0.15) is 18.5 Å². The van der Waals surface area contributed by atoms with Crippen molar-refractivity contribution in [1.82, 2.24) is 44.4 Å². The lowest BCUT2D eigenvalue weighted by atomic mass is 9.91. The first-order valence-electron chi connectivity index (χ1n) is 9.58. The van der Waals surface area contributed by atoms with Gasteiger partial charge < -0.3 is 5.32 Å². The fourth-order valence-corrected chi connectivity index (χ4v) is 3.77. The van der Waals surface area contributed by atoms with Crippen LogP contribution in [0.1, 0.15) is 37.5 Å². The second kappa shape index (κ2) is 7.08. The predicted octanol–water partition coefficient (Wildman–Crippen LogP) is 1.17. The van der Waals surface area contributed by atoms with Crippen molar-refractivity contribution in [1.29, 1.82) is 0 Å². The molecule has 1 fully saturated rings. The van der Waals surface area contributed by atoms with Gasteiger partial charge in [0, 0.05) is 12.1 Å². The Kier molecular flexibility index (Phi) is 4.26. The number of nitrogens with zero attached hydrogens (tertiary/aromatic N) is 9. The van der Waals surface area contributed by atoms with Crippen LogP contribution in [0.25, 0.3) is 11.5 Å². The number of aryl methyl sites for hydroxylation is 1. The molecule has 1 aliphatic carbocycles. The zero-order valence-electron chi connectivity index (χ0n) is 15.9. The van der Waals surface area contributed by atoms with E-state index in [9.17, 15) is 4.79 Å². The molecule has 29 heavy (non-hydrogen) atoms. The second-order valence-electron chi connectivity index (χ2n) is 7.20. The van der Waals surface area contributed by atoms with Crippen molar-refractivity contribution in [3.63, 3.8) is 0 Å². The van der Waals surface area contributed by atoms with Crippen LogP contribution < -0.4 is 10.9 Å². The molecule has 0 spiro atoms. The summed E-state index contributed by atoms with van der Waals surface area (Å²) in [4.78, 5) is 16.3. The van der Waals surface area contributed by atoms with E-state index >= 15 is 0 Å². The molecule has 0 unspecified atom stereocenters. The second-order valence-corrected chi connectivity index (χ2v) is 7.20. The van der Waals surface area contributed by atoms with E-state index in [-0.39, 0.29) is 11.6 Å². The van der Waals surface area contributed by atoms with E-state index in [1.165, 1.54) is 12.4 Å². The Morgan fingerprint density at radius 1 is 1.03 bits per heavy atom. The molecule has 5 rings (SSSR count). The molecule has 0 radical (unpaired) electrons. The highest BCUT2D eigenvalue weighted by atomic mass is 16.1. The SMILES string of the molecule is Cc1nnc2ccc(NC3CCC(n4nc(-n5cncn5)ccc4=O)CC3)nn12. The number of anilines is 1. The van der Waals surface area contributed by atoms with Crippen LogP contribution in [0.4, 0.5) is 5.82 Å². The van der Waals surface area contributed by atoms with Crippen LogP contribution in [-0.4, -0.2) is 50.4 Å². The number of hydrogen-bond donors (Lipinski definition) is 1. The van der Waals surface area contributed by atoms with E-state index < -0.39 is 0 Å². The van der Waals surface area contributed by atoms with Gasteiger partial charge in [-0.15, -0.1) is 20.4 Å². The summed E-state index contributed by atoms with van der Waals surface area (Å²) in [7, 11) is 0. The number of hydrogen-bond acceptors (Lipinski definition) is 8. The molecule has 0 aliphatic heterocycles. The molecule has 4 heterocycles. The molecule has 0 amide bonds. The monoisotopic (exact) mass is 392 g/mol. The van der Waals surface area contributed by atoms with Crippen LogP contribution >= 0.6 is 0 Å². The highest BCUT2D eigenvalue weighted by molar-refractivity contribution is 5.44. The van der Waals surface area contributed by atoms with Crippen molar-refractivity contribution in [3.8, 4) is 5.82 Å². The summed E-state index contributed by atoms with van der Waals surface area (Å²) < 4.78 is 4.86. The zero-order chi connectivity index (χ0) is 19.8. The van der Waals surface area contributed by atoms with Crippen molar-refractivity contribution in [2.24, 2.45) is 0 Å². The van der Waals surface area contributed by atoms with Gasteiger partial charge >= 0.3 is 0 Å². The normalized spacial score (nSPS) is 19.5. The highest BCUT2D eigenvalue weighted by Crippen LogP contribution is 2.28. The fourth-order valence-electron chi connectivity index (χ4n) is 3.77.